The summed E-state index contributed by atoms with van der Waals surface area (Å²) in [6.07, 6.45) is 0. The first kappa shape index (κ1) is 18.5. The lowest BCUT2D eigenvalue weighted by molar-refractivity contribution is -0.386. The van der Waals surface area contributed by atoms with Crippen LogP contribution in [0.5, 0.6) is 5.75 Å². The summed E-state index contributed by atoms with van der Waals surface area (Å²) in [5.41, 5.74) is -0.648. The number of anilines is 1. The number of nitro groups is 1. The fraction of sp³-hybridized carbons (Fsp3) is 0.125. The highest BCUT2D eigenvalue weighted by molar-refractivity contribution is 7.85. The molecule has 1 amide bonds. The van der Waals surface area contributed by atoms with Crippen molar-refractivity contribution in [1.82, 2.24) is 0 Å². The van der Waals surface area contributed by atoms with E-state index in [1.807, 2.05) is 0 Å². The molecule has 0 saturated carbocycles. The van der Waals surface area contributed by atoms with E-state index in [9.17, 15) is 33.0 Å². The van der Waals surface area contributed by atoms with Gasteiger partial charge in [-0.25, -0.2) is 0 Å². The first-order chi connectivity index (χ1) is 12.6. The first-order valence-corrected chi connectivity index (χ1v) is 8.98. The number of phenols is 1. The molecule has 11 heteroatoms. The third kappa shape index (κ3) is 3.25. The Bertz CT molecular complexity index is 1080. The van der Waals surface area contributed by atoms with E-state index in [-0.39, 0.29) is 11.3 Å². The zero-order valence-corrected chi connectivity index (χ0v) is 14.6. The number of benzene rings is 2. The molecule has 1 heterocycles. The molecule has 1 aliphatic heterocycles. The second-order valence-corrected chi connectivity index (χ2v) is 7.19. The molecule has 2 N–H and O–H groups in total. The second-order valence-electron chi connectivity index (χ2n) is 5.77. The topological polar surface area (TPSA) is 150 Å². The molecule has 1 atom stereocenters. The number of nitrogens with zero attached hydrogens (tertiary/aromatic N) is 3. The minimum absolute atomic E-state index is 0.195. The van der Waals surface area contributed by atoms with E-state index < -0.39 is 43.2 Å². The fourth-order valence-corrected chi connectivity index (χ4v) is 3.34. The molecule has 0 aromatic heterocycles. The van der Waals surface area contributed by atoms with Gasteiger partial charge in [0, 0.05) is 11.6 Å². The van der Waals surface area contributed by atoms with Gasteiger partial charge < -0.3 is 5.11 Å². The average Bonchev–Trinajstić information content (AvgIpc) is 2.89. The van der Waals surface area contributed by atoms with E-state index in [2.05, 4.69) is 5.10 Å². The summed E-state index contributed by atoms with van der Waals surface area (Å²) < 4.78 is 32.2. The van der Waals surface area contributed by atoms with Gasteiger partial charge in [0.25, 0.3) is 16.0 Å². The van der Waals surface area contributed by atoms with E-state index in [4.69, 9.17) is 0 Å². The number of nitro benzene ring substituents is 1. The quantitative estimate of drug-likeness (QED) is 0.460. The van der Waals surface area contributed by atoms with Crippen LogP contribution in [0, 0.1) is 10.1 Å². The van der Waals surface area contributed by atoms with Crippen LogP contribution in [0.3, 0.4) is 0 Å². The number of para-hydroxylation sites is 1. The smallest absolute Gasteiger partial charge is 0.312 e. The van der Waals surface area contributed by atoms with E-state index in [0.29, 0.717) is 11.8 Å². The monoisotopic (exact) mass is 391 g/mol. The lowest BCUT2D eigenvalue weighted by Crippen LogP contribution is -2.26. The lowest BCUT2D eigenvalue weighted by Gasteiger charge is -2.16. The molecule has 140 valence electrons. The number of carbonyl (C=O) groups excluding carboxylic acids is 1. The maximum atomic E-state index is 12.8. The summed E-state index contributed by atoms with van der Waals surface area (Å²) in [6, 6.07) is 9.69. The van der Waals surface area contributed by atoms with Crippen molar-refractivity contribution in [3.05, 3.63) is 58.1 Å². The first-order valence-electron chi connectivity index (χ1n) is 7.54. The maximum absolute atomic E-state index is 12.8. The van der Waals surface area contributed by atoms with Crippen molar-refractivity contribution in [3.63, 3.8) is 0 Å². The number of phenolic OH excluding ortho intramolecular Hbond substituents is 1. The maximum Gasteiger partial charge on any atom is 0.312 e. The molecular formula is C16H13N3O7S. The van der Waals surface area contributed by atoms with Crippen LogP contribution in [0.2, 0.25) is 0 Å². The molecule has 0 fully saturated rings. The second kappa shape index (κ2) is 6.45. The lowest BCUT2D eigenvalue weighted by atomic mass is 9.93. The number of aromatic hydroxyl groups is 1. The third-order valence-corrected chi connectivity index (χ3v) is 4.86. The highest BCUT2D eigenvalue weighted by Gasteiger charge is 2.39. The number of amides is 1. The zero-order chi connectivity index (χ0) is 19.9. The average molecular weight is 391 g/mol. The Balaban J connectivity index is 2.16. The summed E-state index contributed by atoms with van der Waals surface area (Å²) in [5, 5.41) is 26.6. The highest BCUT2D eigenvalue weighted by Crippen LogP contribution is 2.40. The summed E-state index contributed by atoms with van der Waals surface area (Å²) in [4.78, 5) is 22.2. The van der Waals surface area contributed by atoms with Gasteiger partial charge in [0.2, 0.25) is 0 Å². The number of hydrazone groups is 1. The van der Waals surface area contributed by atoms with Gasteiger partial charge in [0.05, 0.1) is 16.3 Å². The van der Waals surface area contributed by atoms with E-state index >= 15 is 0 Å². The van der Waals surface area contributed by atoms with Crippen LogP contribution < -0.4 is 5.01 Å². The molecule has 10 nitrogen and oxygen atoms in total. The van der Waals surface area contributed by atoms with Crippen LogP contribution in [-0.4, -0.2) is 34.6 Å². The molecule has 3 rings (SSSR count). The van der Waals surface area contributed by atoms with Gasteiger partial charge in [-0.2, -0.15) is 18.5 Å². The molecule has 0 aliphatic carbocycles. The normalized spacial score (nSPS) is 17.1. The van der Waals surface area contributed by atoms with Crippen molar-refractivity contribution in [1.29, 1.82) is 0 Å². The van der Waals surface area contributed by atoms with Gasteiger partial charge in [-0.05, 0) is 25.1 Å². The van der Waals surface area contributed by atoms with Gasteiger partial charge in [0.15, 0.2) is 5.75 Å². The molecule has 2 aromatic rings. The number of carbonyl (C=O) groups is 1. The van der Waals surface area contributed by atoms with Crippen LogP contribution in [0.4, 0.5) is 11.4 Å². The highest BCUT2D eigenvalue weighted by atomic mass is 32.2. The Kier molecular flexibility index (Phi) is 4.41. The molecule has 1 aliphatic rings. The summed E-state index contributed by atoms with van der Waals surface area (Å²) in [7, 11) is -4.81. The minimum Gasteiger partial charge on any atom is -0.502 e. The molecule has 1 unspecified atom stereocenters. The predicted molar refractivity (Wildman–Crippen MR) is 94.4 cm³/mol. The Morgan fingerprint density at radius 1 is 1.22 bits per heavy atom. The van der Waals surface area contributed by atoms with Crippen LogP contribution in [-0.2, 0) is 14.9 Å². The van der Waals surface area contributed by atoms with E-state index in [0.717, 1.165) is 11.1 Å². The van der Waals surface area contributed by atoms with Crippen LogP contribution in [0.25, 0.3) is 0 Å². The van der Waals surface area contributed by atoms with Gasteiger partial charge in [-0.3, -0.25) is 19.5 Å². The van der Waals surface area contributed by atoms with Crippen molar-refractivity contribution in [2.75, 3.05) is 5.01 Å². The van der Waals surface area contributed by atoms with Crippen molar-refractivity contribution in [3.8, 4) is 5.75 Å². The number of hydrogen-bond donors (Lipinski definition) is 2. The predicted octanol–water partition coefficient (Wildman–Crippen LogP) is 2.05. The molecular weight excluding hydrogens is 378 g/mol. The SMILES string of the molecule is CC1=NN(c2ccccc2)C(=O)C1c1cc(S(=O)(=O)O)cc([N+](=O)[O-])c1O. The zero-order valence-electron chi connectivity index (χ0n) is 13.8. The van der Waals surface area contributed by atoms with E-state index in [1.54, 1.807) is 30.3 Å². The molecule has 0 bridgehead atoms. The summed E-state index contributed by atoms with van der Waals surface area (Å²) >= 11 is 0. The molecule has 27 heavy (non-hydrogen) atoms. The minimum atomic E-state index is -4.81. The Morgan fingerprint density at radius 3 is 2.41 bits per heavy atom. The van der Waals surface area contributed by atoms with Crippen LogP contribution in [0.1, 0.15) is 18.4 Å². The van der Waals surface area contributed by atoms with Crippen molar-refractivity contribution < 1.29 is 27.8 Å². The van der Waals surface area contributed by atoms with Gasteiger partial charge in [0.1, 0.15) is 10.8 Å². The molecule has 0 radical (unpaired) electrons. The van der Waals surface area contributed by atoms with Crippen molar-refractivity contribution in [2.24, 2.45) is 5.10 Å². The van der Waals surface area contributed by atoms with Crippen LogP contribution >= 0.6 is 0 Å². The Morgan fingerprint density at radius 2 is 1.85 bits per heavy atom. The van der Waals surface area contributed by atoms with Gasteiger partial charge >= 0.3 is 5.69 Å². The summed E-state index contributed by atoms with van der Waals surface area (Å²) in [5.74, 6) is -2.74. The third-order valence-electron chi connectivity index (χ3n) is 4.03. The number of hydrogen-bond acceptors (Lipinski definition) is 7. The Labute approximate surface area is 153 Å². The molecule has 0 spiro atoms. The van der Waals surface area contributed by atoms with Gasteiger partial charge in [-0.15, -0.1) is 0 Å². The number of rotatable bonds is 4. The standard InChI is InChI=1S/C16H13N3O7S/c1-9-14(16(21)18(17-9)10-5-3-2-4-6-10)12-7-11(27(24,25)26)8-13(15(12)20)19(22)23/h2-8,14,20H,1H3,(H,24,25,26). The fourth-order valence-electron chi connectivity index (χ4n) is 2.80. The van der Waals surface area contributed by atoms with Crippen molar-refractivity contribution in [2.45, 2.75) is 17.7 Å². The molecule has 2 aromatic carbocycles. The molecule has 0 saturated heterocycles. The van der Waals surface area contributed by atoms with E-state index in [1.165, 1.54) is 6.92 Å². The van der Waals surface area contributed by atoms with Crippen molar-refractivity contribution >= 4 is 33.1 Å². The largest absolute Gasteiger partial charge is 0.502 e. The van der Waals surface area contributed by atoms with Crippen LogP contribution in [0.15, 0.2) is 52.5 Å². The van der Waals surface area contributed by atoms with Gasteiger partial charge in [-0.1, -0.05) is 18.2 Å². The Hall–Kier alpha value is -3.31. The summed E-state index contributed by atoms with van der Waals surface area (Å²) in [6.45, 7) is 1.47.